The molecule has 2 aromatic heterocycles. The highest BCUT2D eigenvalue weighted by molar-refractivity contribution is 7.98. The molecule has 14 nitrogen and oxygen atoms in total. The number of ether oxygens (including phenoxy) is 2. The lowest BCUT2D eigenvalue weighted by Crippen LogP contribution is -2.49. The van der Waals surface area contributed by atoms with E-state index in [1.807, 2.05) is 18.2 Å². The van der Waals surface area contributed by atoms with Gasteiger partial charge in [0.25, 0.3) is 5.91 Å². The lowest BCUT2D eigenvalue weighted by Gasteiger charge is -2.34. The first-order valence-electron chi connectivity index (χ1n) is 16.0. The Kier molecular flexibility index (Phi) is 10.9. The number of carbonyl (C=O) groups is 3. The number of nitrogens with zero attached hydrogens (tertiary/aromatic N) is 7. The molecule has 3 aromatic rings. The van der Waals surface area contributed by atoms with Gasteiger partial charge in [-0.05, 0) is 50.4 Å². The van der Waals surface area contributed by atoms with Crippen molar-refractivity contribution in [2.45, 2.75) is 36.5 Å². The van der Waals surface area contributed by atoms with Gasteiger partial charge < -0.3 is 34.5 Å². The molecule has 3 aliphatic heterocycles. The van der Waals surface area contributed by atoms with E-state index in [4.69, 9.17) is 9.47 Å². The van der Waals surface area contributed by atoms with Gasteiger partial charge in [0.15, 0.2) is 5.65 Å². The SMILES string of the molecule is CSc1ccc(OC(F)F)c(C2NN(CC(=O)N3CCC(OCC(=O)N4CCN(C)CC4)CC3)C=C2NC(=O)c2cnn3cccnc23)c1. The summed E-state index contributed by atoms with van der Waals surface area (Å²) in [5, 5.41) is 8.59. The Labute approximate surface area is 286 Å². The largest absolute Gasteiger partial charge is 0.434 e. The van der Waals surface area contributed by atoms with Gasteiger partial charge in [-0.15, -0.1) is 11.8 Å². The number of fused-ring (bicyclic) bond motifs is 1. The third kappa shape index (κ3) is 8.29. The maximum Gasteiger partial charge on any atom is 0.387 e. The number of benzene rings is 1. The number of alkyl halides is 2. The second kappa shape index (κ2) is 15.5. The van der Waals surface area contributed by atoms with Crippen LogP contribution in [-0.4, -0.2) is 130 Å². The fraction of sp³-hybridized carbons (Fsp3) is 0.469. The number of halogens is 2. The fourth-order valence-electron chi connectivity index (χ4n) is 6.07. The molecule has 49 heavy (non-hydrogen) atoms. The normalized spacial score (nSPS) is 19.1. The molecule has 0 saturated carbocycles. The number of nitrogens with one attached hydrogen (secondary N) is 2. The van der Waals surface area contributed by atoms with Crippen molar-refractivity contribution >= 4 is 35.1 Å². The number of likely N-dealkylation sites (tertiary alicyclic amines) is 1. The lowest BCUT2D eigenvalue weighted by molar-refractivity contribution is -0.143. The summed E-state index contributed by atoms with van der Waals surface area (Å²) >= 11 is 1.42. The van der Waals surface area contributed by atoms with Crippen LogP contribution in [0.5, 0.6) is 5.75 Å². The summed E-state index contributed by atoms with van der Waals surface area (Å²) in [7, 11) is 2.04. The summed E-state index contributed by atoms with van der Waals surface area (Å²) < 4.78 is 39.1. The molecule has 2 saturated heterocycles. The molecule has 1 aromatic carbocycles. The van der Waals surface area contributed by atoms with Gasteiger partial charge in [-0.3, -0.25) is 14.4 Å². The Bertz CT molecular complexity index is 1690. The molecule has 262 valence electrons. The summed E-state index contributed by atoms with van der Waals surface area (Å²) in [6.45, 7) is 0.863. The number of rotatable bonds is 11. The summed E-state index contributed by atoms with van der Waals surface area (Å²) in [6, 6.07) is 5.70. The third-order valence-corrected chi connectivity index (χ3v) is 9.55. The van der Waals surface area contributed by atoms with E-state index in [1.165, 1.54) is 33.5 Å². The first kappa shape index (κ1) is 34.5. The Morgan fingerprint density at radius 2 is 1.84 bits per heavy atom. The molecule has 3 amide bonds. The van der Waals surface area contributed by atoms with Crippen molar-refractivity contribution in [1.82, 2.24) is 45.0 Å². The van der Waals surface area contributed by atoms with Crippen LogP contribution in [0.25, 0.3) is 5.65 Å². The van der Waals surface area contributed by atoms with Crippen LogP contribution in [0.3, 0.4) is 0 Å². The van der Waals surface area contributed by atoms with E-state index in [2.05, 4.69) is 25.7 Å². The number of aromatic nitrogens is 3. The van der Waals surface area contributed by atoms with E-state index >= 15 is 0 Å². The summed E-state index contributed by atoms with van der Waals surface area (Å²) in [5.41, 5.74) is 4.43. The van der Waals surface area contributed by atoms with Crippen molar-refractivity contribution in [3.63, 3.8) is 0 Å². The van der Waals surface area contributed by atoms with Crippen molar-refractivity contribution in [3.05, 3.63) is 65.9 Å². The Morgan fingerprint density at radius 1 is 1.08 bits per heavy atom. The average Bonchev–Trinajstić information content (AvgIpc) is 3.71. The van der Waals surface area contributed by atoms with Crippen molar-refractivity contribution < 1.29 is 32.6 Å². The highest BCUT2D eigenvalue weighted by atomic mass is 32.2. The third-order valence-electron chi connectivity index (χ3n) is 8.83. The Morgan fingerprint density at radius 3 is 2.57 bits per heavy atom. The van der Waals surface area contributed by atoms with E-state index in [0.29, 0.717) is 55.9 Å². The zero-order chi connectivity index (χ0) is 34.5. The first-order chi connectivity index (χ1) is 23.7. The van der Waals surface area contributed by atoms with Gasteiger partial charge in [-0.25, -0.2) is 14.9 Å². The van der Waals surface area contributed by atoms with Crippen molar-refractivity contribution in [2.75, 3.05) is 65.7 Å². The van der Waals surface area contributed by atoms with Crippen LogP contribution < -0.4 is 15.5 Å². The van der Waals surface area contributed by atoms with Crippen LogP contribution in [0, 0.1) is 0 Å². The average molecular weight is 700 g/mol. The van der Waals surface area contributed by atoms with Gasteiger partial charge in [-0.2, -0.15) is 13.9 Å². The zero-order valence-electron chi connectivity index (χ0n) is 27.3. The second-order valence-electron chi connectivity index (χ2n) is 12.0. The first-order valence-corrected chi connectivity index (χ1v) is 17.2. The van der Waals surface area contributed by atoms with Crippen LogP contribution in [0.4, 0.5) is 8.78 Å². The minimum absolute atomic E-state index is 0.0148. The summed E-state index contributed by atoms with van der Waals surface area (Å²) in [4.78, 5) is 50.3. The minimum atomic E-state index is -3.07. The van der Waals surface area contributed by atoms with Crippen molar-refractivity contribution in [2.24, 2.45) is 0 Å². The number of likely N-dealkylation sites (N-methyl/N-ethyl adjacent to an activating group) is 1. The quantitative estimate of drug-likeness (QED) is 0.285. The van der Waals surface area contributed by atoms with Crippen molar-refractivity contribution in [1.29, 1.82) is 0 Å². The minimum Gasteiger partial charge on any atom is -0.434 e. The van der Waals surface area contributed by atoms with Crippen LogP contribution in [-0.2, 0) is 14.3 Å². The number of carbonyl (C=O) groups excluding carboxylic acids is 3. The molecule has 0 aliphatic carbocycles. The van der Waals surface area contributed by atoms with Gasteiger partial charge in [0, 0.05) is 68.3 Å². The molecule has 2 fully saturated rings. The lowest BCUT2D eigenvalue weighted by atomic mass is 10.0. The maximum atomic E-state index is 13.5. The molecule has 0 spiro atoms. The van der Waals surface area contributed by atoms with E-state index in [9.17, 15) is 23.2 Å². The maximum absolute atomic E-state index is 13.5. The van der Waals surface area contributed by atoms with E-state index in [-0.39, 0.29) is 42.4 Å². The molecule has 1 unspecified atom stereocenters. The summed E-state index contributed by atoms with van der Waals surface area (Å²) in [6.07, 6.45) is 9.11. The zero-order valence-corrected chi connectivity index (χ0v) is 28.1. The number of thioether (sulfide) groups is 1. The number of piperidine rings is 1. The van der Waals surface area contributed by atoms with Crippen LogP contribution in [0.2, 0.25) is 0 Å². The highest BCUT2D eigenvalue weighted by Crippen LogP contribution is 2.36. The predicted octanol–water partition coefficient (Wildman–Crippen LogP) is 1.97. The predicted molar refractivity (Wildman–Crippen MR) is 176 cm³/mol. The standard InChI is InChI=1S/C32H39F2N9O5S/c1-39-12-14-41(15-13-39)28(45)20-47-21-6-10-40(11-7-21)27(44)19-42-18-25(37-31(46)24-17-36-43-9-3-8-35-30(24)43)29(38-42)23-16-22(49-2)4-5-26(23)48-32(33)34/h3-5,8-9,16-18,21,29,32,38H,6-7,10-15,19-20H2,1-2H3,(H,37,46). The molecule has 0 bridgehead atoms. The van der Waals surface area contributed by atoms with Gasteiger partial charge in [0.2, 0.25) is 11.8 Å². The smallest absolute Gasteiger partial charge is 0.387 e. The van der Waals surface area contributed by atoms with Gasteiger partial charge >= 0.3 is 6.61 Å². The van der Waals surface area contributed by atoms with Gasteiger partial charge in [0.05, 0.1) is 24.0 Å². The molecule has 0 radical (unpaired) electrons. The van der Waals surface area contributed by atoms with E-state index in [1.54, 1.807) is 41.7 Å². The molecule has 5 heterocycles. The van der Waals surface area contributed by atoms with E-state index in [0.717, 1.165) is 18.0 Å². The van der Waals surface area contributed by atoms with Crippen LogP contribution in [0.15, 0.2) is 59.6 Å². The molecule has 17 heteroatoms. The Hall–Kier alpha value is -4.32. The molecule has 3 aliphatic rings. The molecular weight excluding hydrogens is 660 g/mol. The van der Waals surface area contributed by atoms with Gasteiger partial charge in [-0.1, -0.05) is 0 Å². The monoisotopic (exact) mass is 699 g/mol. The number of amides is 3. The topological polar surface area (TPSA) is 137 Å². The Balaban J connectivity index is 1.12. The second-order valence-corrected chi connectivity index (χ2v) is 12.9. The highest BCUT2D eigenvalue weighted by Gasteiger charge is 2.33. The number of hydrogen-bond donors (Lipinski definition) is 2. The fourth-order valence-corrected chi connectivity index (χ4v) is 6.52. The number of hydrogen-bond acceptors (Lipinski definition) is 11. The summed E-state index contributed by atoms with van der Waals surface area (Å²) in [5.74, 6) is -0.760. The number of hydrazine groups is 1. The molecule has 1 atom stereocenters. The van der Waals surface area contributed by atoms with Crippen LogP contribution in [0.1, 0.15) is 34.8 Å². The number of piperazine rings is 1. The van der Waals surface area contributed by atoms with Gasteiger partial charge in [0.1, 0.15) is 24.5 Å². The molecular formula is C32H39F2N9O5S. The molecule has 6 rings (SSSR count). The van der Waals surface area contributed by atoms with Crippen LogP contribution >= 0.6 is 11.8 Å². The van der Waals surface area contributed by atoms with E-state index < -0.39 is 18.6 Å². The van der Waals surface area contributed by atoms with Crippen molar-refractivity contribution in [3.8, 4) is 5.75 Å². The molecule has 2 N–H and O–H groups in total.